The first-order chi connectivity index (χ1) is 13.2. The molecule has 1 heterocycles. The van der Waals surface area contributed by atoms with E-state index in [1.165, 1.54) is 11.1 Å². The fourth-order valence-electron chi connectivity index (χ4n) is 2.94. The van der Waals surface area contributed by atoms with Crippen molar-refractivity contribution in [1.82, 2.24) is 15.5 Å². The van der Waals surface area contributed by atoms with Crippen molar-refractivity contribution in [2.24, 2.45) is 4.99 Å². The standard InChI is InChI=1S/C21H36N4O2/c1-4-22-21(23-11-7-12-27-20-10-13-26-17-20)24-15-18-8-6-9-19(14-18)16-25(3)5-2/h6,8-9,14,20H,4-5,7,10-13,15-17H2,1-3H3,(H2,22,23,24). The molecule has 0 aliphatic carbocycles. The van der Waals surface area contributed by atoms with E-state index in [4.69, 9.17) is 14.5 Å². The second kappa shape index (κ2) is 12.7. The maximum absolute atomic E-state index is 5.80. The molecule has 1 aliphatic heterocycles. The predicted octanol–water partition coefficient (Wildman–Crippen LogP) is 2.39. The number of nitrogens with one attached hydrogen (secondary N) is 2. The van der Waals surface area contributed by atoms with Crippen molar-refractivity contribution >= 4 is 5.96 Å². The maximum Gasteiger partial charge on any atom is 0.191 e. The van der Waals surface area contributed by atoms with Crippen molar-refractivity contribution in [3.8, 4) is 0 Å². The third kappa shape index (κ3) is 8.73. The molecule has 1 unspecified atom stereocenters. The van der Waals surface area contributed by atoms with Crippen LogP contribution in [0.15, 0.2) is 29.3 Å². The first-order valence-corrected chi connectivity index (χ1v) is 10.2. The topological polar surface area (TPSA) is 58.1 Å². The molecule has 152 valence electrons. The van der Waals surface area contributed by atoms with Gasteiger partial charge in [0.15, 0.2) is 5.96 Å². The molecule has 1 aliphatic rings. The van der Waals surface area contributed by atoms with E-state index < -0.39 is 0 Å². The second-order valence-corrected chi connectivity index (χ2v) is 6.98. The van der Waals surface area contributed by atoms with Gasteiger partial charge in [-0.2, -0.15) is 0 Å². The molecule has 0 spiro atoms. The minimum Gasteiger partial charge on any atom is -0.379 e. The summed E-state index contributed by atoms with van der Waals surface area (Å²) in [6.45, 7) is 11.0. The van der Waals surface area contributed by atoms with Crippen LogP contribution in [0.3, 0.4) is 0 Å². The van der Waals surface area contributed by atoms with Gasteiger partial charge in [-0.3, -0.25) is 0 Å². The molecule has 0 amide bonds. The number of nitrogens with zero attached hydrogens (tertiary/aromatic N) is 2. The fraction of sp³-hybridized carbons (Fsp3) is 0.667. The molecular weight excluding hydrogens is 340 g/mol. The van der Waals surface area contributed by atoms with E-state index in [1.54, 1.807) is 0 Å². The lowest BCUT2D eigenvalue weighted by Gasteiger charge is -2.15. The van der Waals surface area contributed by atoms with E-state index in [-0.39, 0.29) is 6.10 Å². The van der Waals surface area contributed by atoms with Gasteiger partial charge in [-0.25, -0.2) is 4.99 Å². The normalized spacial score (nSPS) is 17.5. The predicted molar refractivity (Wildman–Crippen MR) is 111 cm³/mol. The molecule has 1 saturated heterocycles. The molecule has 2 N–H and O–H groups in total. The van der Waals surface area contributed by atoms with Gasteiger partial charge in [0.25, 0.3) is 0 Å². The summed E-state index contributed by atoms with van der Waals surface area (Å²) in [4.78, 5) is 7.02. The number of aliphatic imine (C=N–C) groups is 1. The van der Waals surface area contributed by atoms with Gasteiger partial charge in [-0.1, -0.05) is 31.2 Å². The van der Waals surface area contributed by atoms with Gasteiger partial charge in [-0.05, 0) is 44.5 Å². The van der Waals surface area contributed by atoms with Crippen LogP contribution in [-0.2, 0) is 22.6 Å². The quantitative estimate of drug-likeness (QED) is 0.353. The van der Waals surface area contributed by atoms with Gasteiger partial charge in [0.2, 0.25) is 0 Å². The van der Waals surface area contributed by atoms with Crippen LogP contribution >= 0.6 is 0 Å². The van der Waals surface area contributed by atoms with Crippen molar-refractivity contribution in [2.75, 3.05) is 46.5 Å². The number of hydrogen-bond donors (Lipinski definition) is 2. The minimum absolute atomic E-state index is 0.283. The van der Waals surface area contributed by atoms with Crippen molar-refractivity contribution in [2.45, 2.75) is 45.9 Å². The van der Waals surface area contributed by atoms with E-state index in [1.807, 2.05) is 0 Å². The lowest BCUT2D eigenvalue weighted by atomic mass is 10.1. The van der Waals surface area contributed by atoms with Crippen LogP contribution < -0.4 is 10.6 Å². The minimum atomic E-state index is 0.283. The number of benzene rings is 1. The first-order valence-electron chi connectivity index (χ1n) is 10.2. The van der Waals surface area contributed by atoms with Crippen LogP contribution in [-0.4, -0.2) is 63.5 Å². The Morgan fingerprint density at radius 2 is 2.15 bits per heavy atom. The second-order valence-electron chi connectivity index (χ2n) is 6.98. The average Bonchev–Trinajstić information content (AvgIpc) is 3.19. The van der Waals surface area contributed by atoms with Gasteiger partial charge >= 0.3 is 0 Å². The van der Waals surface area contributed by atoms with Gasteiger partial charge in [0.1, 0.15) is 0 Å². The van der Waals surface area contributed by atoms with Crippen molar-refractivity contribution < 1.29 is 9.47 Å². The Labute approximate surface area is 164 Å². The number of ether oxygens (including phenoxy) is 2. The van der Waals surface area contributed by atoms with E-state index >= 15 is 0 Å². The highest BCUT2D eigenvalue weighted by atomic mass is 16.5. The molecule has 2 rings (SSSR count). The third-order valence-electron chi connectivity index (χ3n) is 4.60. The molecule has 0 bridgehead atoms. The summed E-state index contributed by atoms with van der Waals surface area (Å²) in [6.07, 6.45) is 2.26. The zero-order valence-corrected chi connectivity index (χ0v) is 17.2. The summed E-state index contributed by atoms with van der Waals surface area (Å²) in [6, 6.07) is 8.68. The van der Waals surface area contributed by atoms with Gasteiger partial charge in [0, 0.05) is 32.8 Å². The highest BCUT2D eigenvalue weighted by molar-refractivity contribution is 5.79. The molecule has 0 aromatic heterocycles. The molecule has 1 aromatic rings. The Balaban J connectivity index is 1.75. The Bertz CT molecular complexity index is 559. The summed E-state index contributed by atoms with van der Waals surface area (Å²) in [5, 5.41) is 6.70. The SMILES string of the molecule is CCNC(=NCc1cccc(CN(C)CC)c1)NCCCOC1CCOC1. The van der Waals surface area contributed by atoms with Crippen LogP contribution in [0.2, 0.25) is 0 Å². The van der Waals surface area contributed by atoms with E-state index in [9.17, 15) is 0 Å². The molecule has 0 radical (unpaired) electrons. The molecule has 1 aromatic carbocycles. The lowest BCUT2D eigenvalue weighted by molar-refractivity contribution is 0.0420. The summed E-state index contributed by atoms with van der Waals surface area (Å²) in [5.74, 6) is 0.859. The largest absolute Gasteiger partial charge is 0.379 e. The molecular formula is C21H36N4O2. The smallest absolute Gasteiger partial charge is 0.191 e. The van der Waals surface area contributed by atoms with Crippen LogP contribution in [0, 0.1) is 0 Å². The molecule has 6 heteroatoms. The Morgan fingerprint density at radius 3 is 2.89 bits per heavy atom. The summed E-state index contributed by atoms with van der Waals surface area (Å²) in [5.41, 5.74) is 2.57. The van der Waals surface area contributed by atoms with Gasteiger partial charge in [-0.15, -0.1) is 0 Å². The van der Waals surface area contributed by atoms with E-state index in [0.717, 1.165) is 64.8 Å². The third-order valence-corrected chi connectivity index (χ3v) is 4.60. The summed E-state index contributed by atoms with van der Waals surface area (Å²) < 4.78 is 11.1. The Kier molecular flexibility index (Phi) is 10.2. The van der Waals surface area contributed by atoms with Gasteiger partial charge < -0.3 is 25.0 Å². The average molecular weight is 377 g/mol. The number of guanidine groups is 1. The molecule has 0 saturated carbocycles. The molecule has 1 fully saturated rings. The summed E-state index contributed by atoms with van der Waals surface area (Å²) in [7, 11) is 2.14. The Morgan fingerprint density at radius 1 is 1.30 bits per heavy atom. The molecule has 27 heavy (non-hydrogen) atoms. The van der Waals surface area contributed by atoms with E-state index in [2.05, 4.69) is 60.7 Å². The fourth-order valence-corrected chi connectivity index (χ4v) is 2.94. The van der Waals surface area contributed by atoms with Crippen LogP contribution in [0.1, 0.15) is 37.8 Å². The highest BCUT2D eigenvalue weighted by Gasteiger charge is 2.15. The van der Waals surface area contributed by atoms with Crippen LogP contribution in [0.25, 0.3) is 0 Å². The zero-order chi connectivity index (χ0) is 19.3. The molecule has 6 nitrogen and oxygen atoms in total. The number of rotatable bonds is 11. The van der Waals surface area contributed by atoms with Crippen molar-refractivity contribution in [1.29, 1.82) is 0 Å². The van der Waals surface area contributed by atoms with Crippen LogP contribution in [0.4, 0.5) is 0 Å². The van der Waals surface area contributed by atoms with Gasteiger partial charge in [0.05, 0.1) is 19.3 Å². The first kappa shape index (κ1) is 21.7. The van der Waals surface area contributed by atoms with Crippen LogP contribution in [0.5, 0.6) is 0 Å². The van der Waals surface area contributed by atoms with E-state index in [0.29, 0.717) is 6.54 Å². The van der Waals surface area contributed by atoms with Crippen molar-refractivity contribution in [3.63, 3.8) is 0 Å². The zero-order valence-electron chi connectivity index (χ0n) is 17.2. The Hall–Kier alpha value is -1.63. The van der Waals surface area contributed by atoms with Crippen molar-refractivity contribution in [3.05, 3.63) is 35.4 Å². The maximum atomic E-state index is 5.80. The number of hydrogen-bond acceptors (Lipinski definition) is 4. The molecule has 1 atom stereocenters. The summed E-state index contributed by atoms with van der Waals surface area (Å²) >= 11 is 0. The lowest BCUT2D eigenvalue weighted by Crippen LogP contribution is -2.38. The monoisotopic (exact) mass is 376 g/mol. The highest BCUT2D eigenvalue weighted by Crippen LogP contribution is 2.09.